The quantitative estimate of drug-likeness (QED) is 0.478. The summed E-state index contributed by atoms with van der Waals surface area (Å²) < 4.78 is 0. The van der Waals surface area contributed by atoms with Crippen LogP contribution in [0.4, 0.5) is 5.69 Å². The first-order chi connectivity index (χ1) is 9.31. The van der Waals surface area contributed by atoms with Crippen molar-refractivity contribution in [1.29, 1.82) is 0 Å². The predicted molar refractivity (Wildman–Crippen MR) is 65.8 cm³/mol. The molecule has 0 fully saturated rings. The molecular weight excluding hydrogens is 270 g/mol. The highest BCUT2D eigenvalue weighted by Gasteiger charge is 2.22. The van der Waals surface area contributed by atoms with E-state index in [-0.39, 0.29) is 11.3 Å². The largest absolute Gasteiger partial charge is 0.481 e. The van der Waals surface area contributed by atoms with Gasteiger partial charge in [-0.15, -0.1) is 0 Å². The minimum Gasteiger partial charge on any atom is -0.481 e. The maximum atomic E-state index is 11.8. The van der Waals surface area contributed by atoms with Crippen LogP contribution in [0.25, 0.3) is 0 Å². The molecule has 1 aromatic rings. The zero-order chi connectivity index (χ0) is 15.3. The Labute approximate surface area is 112 Å². The van der Waals surface area contributed by atoms with Crippen LogP contribution in [0.15, 0.2) is 24.3 Å². The number of amides is 2. The van der Waals surface area contributed by atoms with Crippen LogP contribution in [0.3, 0.4) is 0 Å². The molecule has 1 aromatic carbocycles. The predicted octanol–water partition coefficient (Wildman–Crippen LogP) is -0.347. The fourth-order valence-electron chi connectivity index (χ4n) is 1.40. The van der Waals surface area contributed by atoms with Crippen molar-refractivity contribution >= 4 is 23.5 Å². The summed E-state index contributed by atoms with van der Waals surface area (Å²) in [6, 6.07) is 3.40. The highest BCUT2D eigenvalue weighted by molar-refractivity contribution is 5.98. The molecule has 9 heteroatoms. The van der Waals surface area contributed by atoms with Crippen LogP contribution < -0.4 is 11.1 Å². The molecule has 0 aliphatic carbocycles. The van der Waals surface area contributed by atoms with Gasteiger partial charge in [-0.3, -0.25) is 24.5 Å². The molecule has 106 valence electrons. The normalized spacial score (nSPS) is 11.4. The maximum absolute atomic E-state index is 11.8. The lowest BCUT2D eigenvalue weighted by Gasteiger charge is -2.13. The smallest absolute Gasteiger partial charge is 0.305 e. The number of carbonyl (C=O) groups is 3. The molecule has 20 heavy (non-hydrogen) atoms. The average Bonchev–Trinajstić information content (AvgIpc) is 2.37. The third kappa shape index (κ3) is 4.05. The van der Waals surface area contributed by atoms with E-state index in [2.05, 4.69) is 5.32 Å². The summed E-state index contributed by atoms with van der Waals surface area (Å²) in [6.45, 7) is 0. The zero-order valence-corrected chi connectivity index (χ0v) is 10.1. The number of non-ortho nitro benzene ring substituents is 1. The van der Waals surface area contributed by atoms with Crippen molar-refractivity contribution < 1.29 is 24.4 Å². The van der Waals surface area contributed by atoms with Gasteiger partial charge in [-0.2, -0.15) is 0 Å². The maximum Gasteiger partial charge on any atom is 0.305 e. The van der Waals surface area contributed by atoms with E-state index in [0.29, 0.717) is 0 Å². The number of benzene rings is 1. The van der Waals surface area contributed by atoms with Gasteiger partial charge >= 0.3 is 5.97 Å². The lowest BCUT2D eigenvalue weighted by Crippen LogP contribution is -2.45. The monoisotopic (exact) mass is 281 g/mol. The number of carboxylic acids is 1. The molecule has 0 saturated carbocycles. The minimum atomic E-state index is -1.39. The van der Waals surface area contributed by atoms with E-state index < -0.39 is 35.2 Å². The summed E-state index contributed by atoms with van der Waals surface area (Å²) >= 11 is 0. The Bertz CT molecular complexity index is 571. The number of hydrogen-bond acceptors (Lipinski definition) is 5. The summed E-state index contributed by atoms with van der Waals surface area (Å²) in [7, 11) is 0. The van der Waals surface area contributed by atoms with Crippen LogP contribution in [-0.2, 0) is 9.59 Å². The van der Waals surface area contributed by atoms with Gasteiger partial charge in [-0.25, -0.2) is 0 Å². The number of nitrogens with one attached hydrogen (secondary N) is 1. The van der Waals surface area contributed by atoms with Crippen molar-refractivity contribution in [2.75, 3.05) is 0 Å². The molecule has 0 aromatic heterocycles. The molecule has 0 bridgehead atoms. The highest BCUT2D eigenvalue weighted by Crippen LogP contribution is 2.13. The Morgan fingerprint density at radius 1 is 1.40 bits per heavy atom. The number of primary amides is 1. The molecule has 0 unspecified atom stereocenters. The van der Waals surface area contributed by atoms with Crippen LogP contribution in [0, 0.1) is 10.1 Å². The van der Waals surface area contributed by atoms with Crippen molar-refractivity contribution in [2.24, 2.45) is 5.73 Å². The van der Waals surface area contributed by atoms with Gasteiger partial charge in [0.1, 0.15) is 6.04 Å². The Morgan fingerprint density at radius 2 is 2.05 bits per heavy atom. The van der Waals surface area contributed by atoms with Crippen LogP contribution in [0.5, 0.6) is 0 Å². The highest BCUT2D eigenvalue weighted by atomic mass is 16.6. The van der Waals surface area contributed by atoms with Crippen molar-refractivity contribution in [1.82, 2.24) is 5.32 Å². The zero-order valence-electron chi connectivity index (χ0n) is 10.1. The van der Waals surface area contributed by atoms with Gasteiger partial charge in [-0.05, 0) is 6.07 Å². The second-order valence-corrected chi connectivity index (χ2v) is 3.83. The van der Waals surface area contributed by atoms with E-state index in [0.717, 1.165) is 6.07 Å². The number of carbonyl (C=O) groups excluding carboxylic acids is 2. The summed E-state index contributed by atoms with van der Waals surface area (Å²) in [5, 5.41) is 21.3. The summed E-state index contributed by atoms with van der Waals surface area (Å²) in [4.78, 5) is 43.2. The lowest BCUT2D eigenvalue weighted by atomic mass is 10.1. The number of rotatable bonds is 6. The number of nitrogens with zero attached hydrogens (tertiary/aromatic N) is 1. The topological polar surface area (TPSA) is 153 Å². The van der Waals surface area contributed by atoms with Crippen molar-refractivity contribution in [3.63, 3.8) is 0 Å². The van der Waals surface area contributed by atoms with Crippen molar-refractivity contribution in [3.05, 3.63) is 39.9 Å². The van der Waals surface area contributed by atoms with Crippen LogP contribution in [0.2, 0.25) is 0 Å². The number of aliphatic carboxylic acids is 1. The first kappa shape index (κ1) is 15.1. The molecule has 1 atom stereocenters. The van der Waals surface area contributed by atoms with Gasteiger partial charge in [0.25, 0.3) is 11.6 Å². The van der Waals surface area contributed by atoms with Gasteiger partial charge in [0.2, 0.25) is 5.91 Å². The Morgan fingerprint density at radius 3 is 2.55 bits per heavy atom. The lowest BCUT2D eigenvalue weighted by molar-refractivity contribution is -0.384. The number of nitrogens with two attached hydrogens (primary N) is 1. The van der Waals surface area contributed by atoms with Gasteiger partial charge < -0.3 is 16.2 Å². The van der Waals surface area contributed by atoms with Crippen molar-refractivity contribution in [2.45, 2.75) is 12.5 Å². The summed E-state index contributed by atoms with van der Waals surface area (Å²) in [5.41, 5.74) is 4.59. The summed E-state index contributed by atoms with van der Waals surface area (Å²) in [5.74, 6) is -3.14. The van der Waals surface area contributed by atoms with Crippen LogP contribution in [0.1, 0.15) is 16.8 Å². The van der Waals surface area contributed by atoms with E-state index in [9.17, 15) is 24.5 Å². The average molecular weight is 281 g/mol. The van der Waals surface area contributed by atoms with Crippen LogP contribution in [-0.4, -0.2) is 33.9 Å². The number of nitro benzene ring substituents is 1. The molecule has 0 aliphatic heterocycles. The summed E-state index contributed by atoms with van der Waals surface area (Å²) in [6.07, 6.45) is -0.671. The molecule has 1 rings (SSSR count). The molecule has 0 radical (unpaired) electrons. The van der Waals surface area contributed by atoms with E-state index in [1.165, 1.54) is 18.2 Å². The molecule has 9 nitrogen and oxygen atoms in total. The van der Waals surface area contributed by atoms with Gasteiger partial charge in [0.15, 0.2) is 0 Å². The van der Waals surface area contributed by atoms with Crippen molar-refractivity contribution in [3.8, 4) is 0 Å². The number of nitro groups is 1. The SMILES string of the molecule is NC(=O)[C@H](CC(=O)O)NC(=O)c1cccc([N+](=O)[O-])c1. The molecule has 0 spiro atoms. The molecule has 0 saturated heterocycles. The van der Waals surface area contributed by atoms with Gasteiger partial charge in [0.05, 0.1) is 11.3 Å². The van der Waals surface area contributed by atoms with E-state index in [1.807, 2.05) is 0 Å². The molecule has 4 N–H and O–H groups in total. The first-order valence-corrected chi connectivity index (χ1v) is 5.37. The standard InChI is InChI=1S/C11H11N3O6/c12-10(17)8(5-9(15)16)13-11(18)6-2-1-3-7(4-6)14(19)20/h1-4,8H,5H2,(H2,12,17)(H,13,18)(H,15,16)/t8-/m0/s1. The fraction of sp³-hybridized carbons (Fsp3) is 0.182. The van der Waals surface area contributed by atoms with E-state index >= 15 is 0 Å². The Hall–Kier alpha value is -2.97. The molecule has 0 aliphatic rings. The minimum absolute atomic E-state index is 0.0733. The fourth-order valence-corrected chi connectivity index (χ4v) is 1.40. The van der Waals surface area contributed by atoms with Crippen LogP contribution >= 0.6 is 0 Å². The Kier molecular flexibility index (Phi) is 4.73. The van der Waals surface area contributed by atoms with E-state index in [1.54, 1.807) is 0 Å². The molecular formula is C11H11N3O6. The third-order valence-corrected chi connectivity index (χ3v) is 2.35. The molecule has 0 heterocycles. The van der Waals surface area contributed by atoms with Gasteiger partial charge in [-0.1, -0.05) is 6.07 Å². The van der Waals surface area contributed by atoms with Gasteiger partial charge in [0, 0.05) is 17.7 Å². The second-order valence-electron chi connectivity index (χ2n) is 3.83. The number of carboxylic acid groups (broad SMARTS) is 1. The number of hydrogen-bond donors (Lipinski definition) is 3. The molecule has 2 amide bonds. The first-order valence-electron chi connectivity index (χ1n) is 5.37. The Balaban J connectivity index is 2.88. The third-order valence-electron chi connectivity index (χ3n) is 2.35. The second kappa shape index (κ2) is 6.27. The van der Waals surface area contributed by atoms with E-state index in [4.69, 9.17) is 10.8 Å².